The van der Waals surface area contributed by atoms with Crippen LogP contribution >= 0.6 is 46.4 Å². The molecule has 48 heavy (non-hydrogen) atoms. The van der Waals surface area contributed by atoms with Crippen molar-refractivity contribution in [1.29, 1.82) is 0 Å². The van der Waals surface area contributed by atoms with Gasteiger partial charge in [0.25, 0.3) is 11.5 Å². The van der Waals surface area contributed by atoms with Crippen LogP contribution in [0.4, 0.5) is 11.5 Å². The molecule has 1 atom stereocenters. The van der Waals surface area contributed by atoms with Crippen molar-refractivity contribution in [2.75, 3.05) is 5.01 Å². The number of H-pyrrole nitrogens is 1. The van der Waals surface area contributed by atoms with Crippen LogP contribution in [-0.2, 0) is 9.59 Å². The number of hydrogen-bond acceptors (Lipinski definition) is 4. The minimum absolute atomic E-state index is 0.0955. The molecular weight excluding hydrogens is 690 g/mol. The normalized spacial score (nSPS) is 14.8. The van der Waals surface area contributed by atoms with Gasteiger partial charge in [0, 0.05) is 23.4 Å². The van der Waals surface area contributed by atoms with Crippen LogP contribution in [0.25, 0.3) is 5.69 Å². The highest BCUT2D eigenvalue weighted by atomic mass is 35.5. The third-order valence-electron chi connectivity index (χ3n) is 9.04. The van der Waals surface area contributed by atoms with Gasteiger partial charge in [0.05, 0.1) is 20.8 Å². The maximum atomic E-state index is 13.8. The van der Waals surface area contributed by atoms with Crippen LogP contribution in [0.2, 0.25) is 20.1 Å². The van der Waals surface area contributed by atoms with E-state index in [2.05, 4.69) is 12.0 Å². The molecule has 1 N–H and O–H groups in total. The molecule has 1 unspecified atom stereocenters. The number of aromatic amines is 1. The highest BCUT2D eigenvalue weighted by Gasteiger charge is 2.43. The summed E-state index contributed by atoms with van der Waals surface area (Å²) in [6.07, 6.45) is 21.2. The Hall–Kier alpha value is -2.45. The lowest BCUT2D eigenvalue weighted by Crippen LogP contribution is -2.44. The van der Waals surface area contributed by atoms with Gasteiger partial charge in [-0.2, -0.15) is 5.01 Å². The Morgan fingerprint density at radius 1 is 0.708 bits per heavy atom. The van der Waals surface area contributed by atoms with Gasteiger partial charge in [-0.25, -0.2) is 9.69 Å². The number of anilines is 2. The first-order chi connectivity index (χ1) is 23.2. The van der Waals surface area contributed by atoms with E-state index in [1.165, 1.54) is 107 Å². The van der Waals surface area contributed by atoms with Gasteiger partial charge in [-0.05, 0) is 30.7 Å². The first kappa shape index (κ1) is 38.4. The summed E-state index contributed by atoms with van der Waals surface area (Å²) in [5.41, 5.74) is 0.0566. The van der Waals surface area contributed by atoms with Crippen LogP contribution in [0.1, 0.15) is 122 Å². The van der Waals surface area contributed by atoms with E-state index >= 15 is 0 Å². The van der Waals surface area contributed by atoms with E-state index < -0.39 is 11.5 Å². The van der Waals surface area contributed by atoms with Gasteiger partial charge in [-0.1, -0.05) is 168 Å². The number of para-hydroxylation sites is 1. The molecule has 7 nitrogen and oxygen atoms in total. The highest BCUT2D eigenvalue weighted by molar-refractivity contribution is 6.40. The summed E-state index contributed by atoms with van der Waals surface area (Å²) in [4.78, 5) is 40.4. The number of nitrogens with zero attached hydrogens (tertiary/aromatic N) is 3. The van der Waals surface area contributed by atoms with E-state index in [4.69, 9.17) is 46.4 Å². The van der Waals surface area contributed by atoms with Crippen molar-refractivity contribution in [2.45, 2.75) is 122 Å². The molecule has 0 aliphatic carbocycles. The predicted molar refractivity (Wildman–Crippen MR) is 199 cm³/mol. The van der Waals surface area contributed by atoms with Crippen molar-refractivity contribution in [3.63, 3.8) is 0 Å². The number of halogens is 4. The van der Waals surface area contributed by atoms with E-state index in [0.717, 1.165) is 29.0 Å². The zero-order valence-electron chi connectivity index (χ0n) is 27.9. The Bertz CT molecular complexity index is 1530. The molecule has 2 heterocycles. The van der Waals surface area contributed by atoms with Gasteiger partial charge < -0.3 is 0 Å². The second-order valence-corrected chi connectivity index (χ2v) is 14.5. The van der Waals surface area contributed by atoms with E-state index in [1.54, 1.807) is 24.3 Å². The summed E-state index contributed by atoms with van der Waals surface area (Å²) < 4.78 is 1.15. The Labute approximate surface area is 304 Å². The number of aromatic nitrogens is 2. The Kier molecular flexibility index (Phi) is 15.7. The standard InChI is InChI=1S/C37H48Cl4N4O3/c1-2-3-4-5-6-7-8-9-10-11-12-13-14-15-16-17-20-27-23-35(47)45(37(27)48)44(32-22-19-18-21-29(32)39)33-26-34(46)43(42-33)36-30(40)24-28(38)25-31(36)41/h18-19,21-22,24-27,42H,2-17,20,23H2,1H3. The minimum Gasteiger partial charge on any atom is -0.274 e. The number of carbonyl (C=O) groups is 2. The maximum Gasteiger partial charge on any atom is 0.273 e. The number of hydrogen-bond donors (Lipinski definition) is 1. The van der Waals surface area contributed by atoms with Crippen LogP contribution in [0.15, 0.2) is 47.3 Å². The molecule has 2 amide bonds. The molecule has 262 valence electrons. The smallest absolute Gasteiger partial charge is 0.273 e. The Morgan fingerprint density at radius 2 is 1.23 bits per heavy atom. The van der Waals surface area contributed by atoms with Crippen LogP contribution in [0.3, 0.4) is 0 Å². The largest absolute Gasteiger partial charge is 0.274 e. The van der Waals surface area contributed by atoms with Crippen LogP contribution in [0, 0.1) is 5.92 Å². The Morgan fingerprint density at radius 3 is 1.77 bits per heavy atom. The molecule has 0 radical (unpaired) electrons. The molecule has 1 aliphatic heterocycles. The molecule has 1 saturated heterocycles. The number of carbonyl (C=O) groups excluding carboxylic acids is 2. The molecule has 1 aliphatic rings. The number of imide groups is 1. The molecule has 0 saturated carbocycles. The Balaban J connectivity index is 1.29. The zero-order chi connectivity index (χ0) is 34.5. The lowest BCUT2D eigenvalue weighted by molar-refractivity contribution is -0.139. The number of nitrogens with one attached hydrogen (secondary N) is 1. The van der Waals surface area contributed by atoms with Crippen molar-refractivity contribution in [3.8, 4) is 5.69 Å². The topological polar surface area (TPSA) is 78.4 Å². The summed E-state index contributed by atoms with van der Waals surface area (Å²) in [5, 5.41) is 6.36. The second-order valence-electron chi connectivity index (χ2n) is 12.8. The fraction of sp³-hybridized carbons (Fsp3) is 0.541. The lowest BCUT2D eigenvalue weighted by atomic mass is 9.98. The van der Waals surface area contributed by atoms with Gasteiger partial charge >= 0.3 is 0 Å². The molecule has 1 fully saturated rings. The molecular formula is C37H48Cl4N4O3. The molecule has 0 bridgehead atoms. The van der Waals surface area contributed by atoms with Gasteiger partial charge in [0.1, 0.15) is 5.69 Å². The summed E-state index contributed by atoms with van der Waals surface area (Å²) in [6.45, 7) is 2.26. The first-order valence-corrected chi connectivity index (χ1v) is 19.1. The molecule has 2 aromatic carbocycles. The molecule has 3 aromatic rings. The number of hydrazine groups is 1. The third kappa shape index (κ3) is 10.5. The lowest BCUT2D eigenvalue weighted by Gasteiger charge is -2.31. The van der Waals surface area contributed by atoms with E-state index in [9.17, 15) is 14.4 Å². The zero-order valence-corrected chi connectivity index (χ0v) is 30.9. The van der Waals surface area contributed by atoms with E-state index in [-0.39, 0.29) is 39.8 Å². The number of amides is 2. The van der Waals surface area contributed by atoms with Gasteiger partial charge in [-0.3, -0.25) is 19.5 Å². The summed E-state index contributed by atoms with van der Waals surface area (Å²) in [6, 6.07) is 11.1. The highest BCUT2D eigenvalue weighted by Crippen LogP contribution is 2.38. The van der Waals surface area contributed by atoms with Gasteiger partial charge in [0.2, 0.25) is 5.91 Å². The number of rotatable bonds is 21. The van der Waals surface area contributed by atoms with Crippen LogP contribution < -0.4 is 10.6 Å². The maximum absolute atomic E-state index is 13.8. The van der Waals surface area contributed by atoms with Gasteiger partial charge in [0.15, 0.2) is 5.82 Å². The summed E-state index contributed by atoms with van der Waals surface area (Å²) in [7, 11) is 0. The average Bonchev–Trinajstić information content (AvgIpc) is 3.55. The average molecular weight is 739 g/mol. The second kappa shape index (κ2) is 19.7. The fourth-order valence-corrected chi connectivity index (χ4v) is 7.63. The molecule has 11 heteroatoms. The molecule has 1 aromatic heterocycles. The van der Waals surface area contributed by atoms with Gasteiger partial charge in [-0.15, -0.1) is 0 Å². The van der Waals surface area contributed by atoms with E-state index in [0.29, 0.717) is 22.2 Å². The monoisotopic (exact) mass is 736 g/mol. The first-order valence-electron chi connectivity index (χ1n) is 17.6. The van der Waals surface area contributed by atoms with Crippen molar-refractivity contribution < 1.29 is 9.59 Å². The number of benzene rings is 2. The van der Waals surface area contributed by atoms with Crippen LogP contribution in [0.5, 0.6) is 0 Å². The molecule has 4 rings (SSSR count). The van der Waals surface area contributed by atoms with Crippen LogP contribution in [-0.4, -0.2) is 26.6 Å². The molecule has 0 spiro atoms. The third-order valence-corrected chi connectivity index (χ3v) is 10.2. The van der Waals surface area contributed by atoms with Crippen molar-refractivity contribution in [1.82, 2.24) is 14.8 Å². The quantitative estimate of drug-likeness (QED) is 0.0872. The fourth-order valence-electron chi connectivity index (χ4n) is 6.43. The predicted octanol–water partition coefficient (Wildman–Crippen LogP) is 11.9. The number of unbranched alkanes of at least 4 members (excludes halogenated alkanes) is 15. The van der Waals surface area contributed by atoms with Crippen molar-refractivity contribution in [3.05, 3.63) is 72.9 Å². The van der Waals surface area contributed by atoms with Crippen molar-refractivity contribution in [2.24, 2.45) is 5.92 Å². The van der Waals surface area contributed by atoms with Crippen molar-refractivity contribution >= 4 is 69.7 Å². The minimum atomic E-state index is -0.503. The van der Waals surface area contributed by atoms with E-state index in [1.807, 2.05) is 0 Å². The SMILES string of the molecule is CCCCCCCCCCCCCCCCCCC1CC(=O)N(N(c2cc(=O)n(-c3c(Cl)cc(Cl)cc3Cl)[nH]2)c2ccccc2Cl)C1=O. The summed E-state index contributed by atoms with van der Waals surface area (Å²) in [5.74, 6) is -0.974. The summed E-state index contributed by atoms with van der Waals surface area (Å²) >= 11 is 25.5.